The maximum Gasteiger partial charge on any atom is 0.302 e. The Morgan fingerprint density at radius 1 is 0.962 bits per heavy atom. The third-order valence-electron chi connectivity index (χ3n) is 3.83. The molecule has 0 spiro atoms. The van der Waals surface area contributed by atoms with Crippen LogP contribution in [0.5, 0.6) is 0 Å². The third-order valence-corrected chi connectivity index (χ3v) is 4.08. The van der Waals surface area contributed by atoms with E-state index in [4.69, 9.17) is 21.1 Å². The first-order chi connectivity index (χ1) is 12.2. The smallest absolute Gasteiger partial charge is 0.302 e. The van der Waals surface area contributed by atoms with E-state index in [9.17, 15) is 14.4 Å². The molecule has 0 fully saturated rings. The fourth-order valence-corrected chi connectivity index (χ4v) is 2.74. The van der Waals surface area contributed by atoms with Gasteiger partial charge in [0.05, 0.1) is 0 Å². The molecular weight excluding hydrogens is 358 g/mol. The van der Waals surface area contributed by atoms with E-state index in [2.05, 4.69) is 5.32 Å². The van der Waals surface area contributed by atoms with Crippen molar-refractivity contribution in [1.82, 2.24) is 5.32 Å². The van der Waals surface area contributed by atoms with Crippen molar-refractivity contribution in [2.75, 3.05) is 13.2 Å². The Bertz CT molecular complexity index is 597. The average molecular weight is 384 g/mol. The van der Waals surface area contributed by atoms with Gasteiger partial charge in [-0.15, -0.1) is 0 Å². The van der Waals surface area contributed by atoms with E-state index in [0.29, 0.717) is 11.4 Å². The van der Waals surface area contributed by atoms with Crippen LogP contribution in [0.15, 0.2) is 24.3 Å². The Balaban J connectivity index is 2.70. The van der Waals surface area contributed by atoms with E-state index in [1.807, 2.05) is 24.3 Å². The highest BCUT2D eigenvalue weighted by Crippen LogP contribution is 2.19. The topological polar surface area (TPSA) is 81.7 Å². The molecule has 26 heavy (non-hydrogen) atoms. The molecule has 6 nitrogen and oxygen atoms in total. The van der Waals surface area contributed by atoms with E-state index >= 15 is 0 Å². The summed E-state index contributed by atoms with van der Waals surface area (Å²) in [7, 11) is 0. The minimum atomic E-state index is -0.927. The number of hydrogen-bond donors (Lipinski definition) is 1. The number of unbranched alkanes of at least 4 members (excludes halogenated alkanes) is 1. The maximum atomic E-state index is 11.6. The minimum Gasteiger partial charge on any atom is -0.463 e. The number of nitrogens with one attached hydrogen (secondary N) is 1. The number of aryl methyl sites for hydroxylation is 1. The highest BCUT2D eigenvalue weighted by molar-refractivity contribution is 6.30. The average Bonchev–Trinajstić information content (AvgIpc) is 2.56. The van der Waals surface area contributed by atoms with Crippen molar-refractivity contribution in [1.29, 1.82) is 0 Å². The molecule has 0 radical (unpaired) electrons. The summed E-state index contributed by atoms with van der Waals surface area (Å²) in [5.74, 6) is -1.19. The molecule has 1 aromatic carbocycles. The summed E-state index contributed by atoms with van der Waals surface area (Å²) >= 11 is 5.88. The molecule has 0 heterocycles. The van der Waals surface area contributed by atoms with Crippen LogP contribution < -0.4 is 5.32 Å². The van der Waals surface area contributed by atoms with Crippen molar-refractivity contribution in [2.24, 2.45) is 0 Å². The number of amides is 1. The number of ether oxygens (including phenoxy) is 2. The third kappa shape index (κ3) is 8.85. The SMILES string of the molecule is CC(=O)NC(CCCCc1ccc(Cl)cc1)(COC(C)=O)COC(C)=O. The zero-order chi connectivity index (χ0) is 19.6. The van der Waals surface area contributed by atoms with Gasteiger partial charge >= 0.3 is 11.9 Å². The monoisotopic (exact) mass is 383 g/mol. The van der Waals surface area contributed by atoms with Crippen LogP contribution in [0.3, 0.4) is 0 Å². The number of halogens is 1. The van der Waals surface area contributed by atoms with Gasteiger partial charge in [-0.2, -0.15) is 0 Å². The fraction of sp³-hybridized carbons (Fsp3) is 0.526. The molecule has 0 bridgehead atoms. The van der Waals surface area contributed by atoms with Crippen LogP contribution in [0, 0.1) is 0 Å². The highest BCUT2D eigenvalue weighted by atomic mass is 35.5. The minimum absolute atomic E-state index is 0.0455. The van der Waals surface area contributed by atoms with Crippen LogP contribution in [0.4, 0.5) is 0 Å². The van der Waals surface area contributed by atoms with Crippen LogP contribution in [0.25, 0.3) is 0 Å². The molecule has 0 saturated heterocycles. The summed E-state index contributed by atoms with van der Waals surface area (Å²) in [6, 6.07) is 7.64. The van der Waals surface area contributed by atoms with Crippen LogP contribution in [0.1, 0.15) is 45.6 Å². The Kier molecular flexibility index (Phi) is 9.13. The first-order valence-corrected chi connectivity index (χ1v) is 8.90. The summed E-state index contributed by atoms with van der Waals surface area (Å²) in [6.45, 7) is 3.88. The molecule has 0 aliphatic heterocycles. The quantitative estimate of drug-likeness (QED) is 0.496. The molecule has 1 amide bonds. The number of carbonyl (C=O) groups excluding carboxylic acids is 3. The Labute approximate surface area is 159 Å². The lowest BCUT2D eigenvalue weighted by Crippen LogP contribution is -2.55. The van der Waals surface area contributed by atoms with Gasteiger partial charge in [-0.05, 0) is 37.0 Å². The van der Waals surface area contributed by atoms with E-state index in [0.717, 1.165) is 19.3 Å². The summed E-state index contributed by atoms with van der Waals surface area (Å²) in [5.41, 5.74) is 0.239. The van der Waals surface area contributed by atoms with Crippen molar-refractivity contribution in [3.8, 4) is 0 Å². The largest absolute Gasteiger partial charge is 0.463 e. The molecule has 1 rings (SSSR count). The zero-order valence-corrected chi connectivity index (χ0v) is 16.2. The first-order valence-electron chi connectivity index (χ1n) is 8.52. The van der Waals surface area contributed by atoms with E-state index in [-0.39, 0.29) is 19.1 Å². The Hall–Kier alpha value is -2.08. The molecular formula is C19H26ClNO5. The molecule has 0 aromatic heterocycles. The van der Waals surface area contributed by atoms with Gasteiger partial charge in [0.1, 0.15) is 18.8 Å². The normalized spacial score (nSPS) is 10.9. The predicted octanol–water partition coefficient (Wildman–Crippen LogP) is 3.05. The maximum absolute atomic E-state index is 11.6. The highest BCUT2D eigenvalue weighted by Gasteiger charge is 2.33. The van der Waals surface area contributed by atoms with Crippen LogP contribution >= 0.6 is 11.6 Å². The molecule has 0 saturated carbocycles. The molecule has 144 valence electrons. The molecule has 1 aromatic rings. The van der Waals surface area contributed by atoms with E-state index in [1.54, 1.807) is 0 Å². The molecule has 0 unspecified atom stereocenters. The second-order valence-electron chi connectivity index (χ2n) is 6.36. The summed E-state index contributed by atoms with van der Waals surface area (Å²) < 4.78 is 10.2. The summed E-state index contributed by atoms with van der Waals surface area (Å²) in [6.07, 6.45) is 2.99. The molecule has 7 heteroatoms. The van der Waals surface area contributed by atoms with Crippen molar-refractivity contribution < 1.29 is 23.9 Å². The van der Waals surface area contributed by atoms with Gasteiger partial charge in [0.2, 0.25) is 5.91 Å². The van der Waals surface area contributed by atoms with Crippen molar-refractivity contribution in [2.45, 2.75) is 52.0 Å². The van der Waals surface area contributed by atoms with Crippen LogP contribution in [-0.4, -0.2) is 36.6 Å². The van der Waals surface area contributed by atoms with Crippen LogP contribution in [0.2, 0.25) is 5.02 Å². The van der Waals surface area contributed by atoms with Gasteiger partial charge in [-0.1, -0.05) is 30.2 Å². The van der Waals surface area contributed by atoms with Gasteiger partial charge in [0, 0.05) is 25.8 Å². The number of hydrogen-bond acceptors (Lipinski definition) is 5. The Morgan fingerprint density at radius 2 is 1.50 bits per heavy atom. The summed E-state index contributed by atoms with van der Waals surface area (Å²) in [4.78, 5) is 34.0. The van der Waals surface area contributed by atoms with Crippen molar-refractivity contribution in [3.05, 3.63) is 34.9 Å². The van der Waals surface area contributed by atoms with E-state index < -0.39 is 17.5 Å². The predicted molar refractivity (Wildman–Crippen MR) is 98.8 cm³/mol. The lowest BCUT2D eigenvalue weighted by molar-refractivity contribution is -0.150. The van der Waals surface area contributed by atoms with Gasteiger partial charge in [0.15, 0.2) is 0 Å². The van der Waals surface area contributed by atoms with Crippen LogP contribution in [-0.2, 0) is 30.3 Å². The summed E-state index contributed by atoms with van der Waals surface area (Å²) in [5, 5.41) is 3.49. The fourth-order valence-electron chi connectivity index (χ4n) is 2.62. The zero-order valence-electron chi connectivity index (χ0n) is 15.5. The second kappa shape index (κ2) is 10.8. The van der Waals surface area contributed by atoms with Crippen molar-refractivity contribution in [3.63, 3.8) is 0 Å². The van der Waals surface area contributed by atoms with E-state index in [1.165, 1.54) is 26.3 Å². The molecule has 0 aliphatic carbocycles. The number of esters is 2. The first kappa shape index (κ1) is 22.0. The van der Waals surface area contributed by atoms with Gasteiger partial charge in [-0.3, -0.25) is 14.4 Å². The Morgan fingerprint density at radius 3 is 1.96 bits per heavy atom. The lowest BCUT2D eigenvalue weighted by atomic mass is 9.92. The van der Waals surface area contributed by atoms with Gasteiger partial charge < -0.3 is 14.8 Å². The van der Waals surface area contributed by atoms with Gasteiger partial charge in [-0.25, -0.2) is 0 Å². The lowest BCUT2D eigenvalue weighted by Gasteiger charge is -2.33. The second-order valence-corrected chi connectivity index (χ2v) is 6.79. The molecule has 0 aliphatic rings. The molecule has 0 atom stereocenters. The standard InChI is InChI=1S/C19H26ClNO5/c1-14(22)21-19(12-25-15(2)23,13-26-16(3)24)11-5-4-6-17-7-9-18(20)10-8-17/h7-10H,4-6,11-13H2,1-3H3,(H,21,22). The number of benzene rings is 1. The molecule has 1 N–H and O–H groups in total. The number of rotatable bonds is 10. The van der Waals surface area contributed by atoms with Crippen molar-refractivity contribution >= 4 is 29.4 Å². The van der Waals surface area contributed by atoms with Gasteiger partial charge in [0.25, 0.3) is 0 Å². The number of carbonyl (C=O) groups is 3.